The second-order valence-electron chi connectivity index (χ2n) is 6.90. The second kappa shape index (κ2) is 8.23. The molecule has 2 aliphatic rings. The van der Waals surface area contributed by atoms with Crippen molar-refractivity contribution in [3.63, 3.8) is 0 Å². The molecule has 0 saturated carbocycles. The van der Waals surface area contributed by atoms with Crippen LogP contribution in [0.3, 0.4) is 0 Å². The zero-order chi connectivity index (χ0) is 21.3. The Labute approximate surface area is 176 Å². The minimum Gasteiger partial charge on any atom is -0.456 e. The lowest BCUT2D eigenvalue weighted by Gasteiger charge is -2.43. The summed E-state index contributed by atoms with van der Waals surface area (Å²) in [5.41, 5.74) is 0.824. The molecule has 2 aromatic rings. The highest BCUT2D eigenvalue weighted by Gasteiger charge is 2.54. The van der Waals surface area contributed by atoms with E-state index >= 15 is 0 Å². The maximum Gasteiger partial charge on any atom is 0.356 e. The van der Waals surface area contributed by atoms with Gasteiger partial charge in [0.05, 0.1) is 16.9 Å². The molecule has 2 unspecified atom stereocenters. The van der Waals surface area contributed by atoms with Crippen LogP contribution in [0.4, 0.5) is 5.69 Å². The summed E-state index contributed by atoms with van der Waals surface area (Å²) in [5, 5.41) is 11.3. The first-order chi connectivity index (χ1) is 14.5. The maximum absolute atomic E-state index is 12.9. The van der Waals surface area contributed by atoms with Crippen LogP contribution in [-0.4, -0.2) is 37.7 Å². The number of carbonyl (C=O) groups excluding carboxylic acids is 2. The number of nitro benzene ring substituents is 1. The Bertz CT molecular complexity index is 1030. The van der Waals surface area contributed by atoms with Gasteiger partial charge >= 0.3 is 5.97 Å². The highest BCUT2D eigenvalue weighted by atomic mass is 32.2. The molecule has 2 atom stereocenters. The van der Waals surface area contributed by atoms with Crippen LogP contribution in [0, 0.1) is 16.0 Å². The third-order valence-electron chi connectivity index (χ3n) is 5.16. The Morgan fingerprint density at radius 1 is 1.30 bits per heavy atom. The number of amides is 1. The summed E-state index contributed by atoms with van der Waals surface area (Å²) < 4.78 is 5.44. The second-order valence-corrected chi connectivity index (χ2v) is 7.96. The molecule has 0 bridgehead atoms. The average Bonchev–Trinajstić information content (AvgIpc) is 3.08. The van der Waals surface area contributed by atoms with E-state index in [1.165, 1.54) is 40.9 Å². The van der Waals surface area contributed by atoms with Crippen LogP contribution in [0.15, 0.2) is 58.5 Å². The van der Waals surface area contributed by atoms with E-state index in [9.17, 15) is 19.7 Å². The molecule has 30 heavy (non-hydrogen) atoms. The van der Waals surface area contributed by atoms with Gasteiger partial charge in [0.15, 0.2) is 5.16 Å². The van der Waals surface area contributed by atoms with E-state index < -0.39 is 10.9 Å². The summed E-state index contributed by atoms with van der Waals surface area (Å²) >= 11 is 1.26. The summed E-state index contributed by atoms with van der Waals surface area (Å²) in [6, 6.07) is 7.44. The molecule has 4 rings (SSSR count). The predicted octanol–water partition coefficient (Wildman–Crippen LogP) is 3.07. The van der Waals surface area contributed by atoms with Gasteiger partial charge in [0.25, 0.3) is 5.69 Å². The molecule has 154 valence electrons. The predicted molar refractivity (Wildman–Crippen MR) is 107 cm³/mol. The van der Waals surface area contributed by atoms with Crippen molar-refractivity contribution in [2.45, 2.75) is 37.6 Å². The first-order valence-electron chi connectivity index (χ1n) is 9.41. The fourth-order valence-corrected chi connectivity index (χ4v) is 4.64. The molecule has 3 heterocycles. The standard InChI is InChI=1S/C20H18N4O5S/c1-2-14-15-10-16(30-20-21-8-3-9-22-20)17(23(15)18(14)25)19(26)29-11-12-4-6-13(7-5-12)24(27)28/h3-9,14-15H,2,10-11H2,1H3. The van der Waals surface area contributed by atoms with Gasteiger partial charge in [-0.2, -0.15) is 0 Å². The number of carbonyl (C=O) groups is 2. The number of hydrogen-bond acceptors (Lipinski definition) is 8. The Morgan fingerprint density at radius 2 is 2.00 bits per heavy atom. The number of β-lactam (4-membered cyclic amide) rings is 1. The lowest BCUT2D eigenvalue weighted by molar-refractivity contribution is -0.384. The van der Waals surface area contributed by atoms with E-state index in [0.717, 1.165) is 0 Å². The fraction of sp³-hybridized carbons (Fsp3) is 0.300. The van der Waals surface area contributed by atoms with Crippen LogP contribution >= 0.6 is 11.8 Å². The normalized spacial score (nSPS) is 20.0. The Kier molecular flexibility index (Phi) is 5.49. The number of aromatic nitrogens is 2. The van der Waals surface area contributed by atoms with Gasteiger partial charge in [-0.1, -0.05) is 18.7 Å². The van der Waals surface area contributed by atoms with E-state index in [1.807, 2.05) is 6.92 Å². The van der Waals surface area contributed by atoms with Crippen molar-refractivity contribution in [3.05, 3.63) is 69.0 Å². The van der Waals surface area contributed by atoms with E-state index in [4.69, 9.17) is 4.74 Å². The lowest BCUT2D eigenvalue weighted by atomic mass is 9.85. The molecule has 1 aromatic carbocycles. The van der Waals surface area contributed by atoms with Crippen molar-refractivity contribution < 1.29 is 19.2 Å². The number of rotatable bonds is 7. The number of thioether (sulfide) groups is 1. The van der Waals surface area contributed by atoms with E-state index in [1.54, 1.807) is 18.5 Å². The topological polar surface area (TPSA) is 116 Å². The van der Waals surface area contributed by atoms with Gasteiger partial charge < -0.3 is 9.64 Å². The first-order valence-corrected chi connectivity index (χ1v) is 10.2. The molecule has 1 fully saturated rings. The molecule has 10 heteroatoms. The van der Waals surface area contributed by atoms with Gasteiger partial charge in [-0.05, 0) is 30.2 Å². The molecule has 2 aliphatic heterocycles. The molecular weight excluding hydrogens is 408 g/mol. The molecule has 0 spiro atoms. The number of non-ortho nitro benzene ring substituents is 1. The van der Waals surface area contributed by atoms with Crippen LogP contribution in [0.2, 0.25) is 0 Å². The van der Waals surface area contributed by atoms with Gasteiger partial charge in [0.2, 0.25) is 5.91 Å². The number of nitrogens with zero attached hydrogens (tertiary/aromatic N) is 4. The van der Waals surface area contributed by atoms with Crippen LogP contribution in [0.25, 0.3) is 0 Å². The van der Waals surface area contributed by atoms with Gasteiger partial charge in [-0.3, -0.25) is 14.9 Å². The Morgan fingerprint density at radius 3 is 2.63 bits per heavy atom. The number of esters is 1. The molecule has 1 aromatic heterocycles. The molecule has 0 radical (unpaired) electrons. The Hall–Kier alpha value is -3.27. The van der Waals surface area contributed by atoms with Crippen molar-refractivity contribution >= 4 is 29.3 Å². The highest BCUT2D eigenvalue weighted by molar-refractivity contribution is 8.03. The minimum absolute atomic E-state index is 0.0373. The van der Waals surface area contributed by atoms with Crippen molar-refractivity contribution in [2.75, 3.05) is 0 Å². The summed E-state index contributed by atoms with van der Waals surface area (Å²) in [6.45, 7) is 1.90. The van der Waals surface area contributed by atoms with Gasteiger partial charge in [-0.15, -0.1) is 0 Å². The van der Waals surface area contributed by atoms with E-state index in [0.29, 0.717) is 28.5 Å². The van der Waals surface area contributed by atoms with Crippen molar-refractivity contribution in [1.82, 2.24) is 14.9 Å². The number of fused-ring (bicyclic) bond motifs is 1. The number of nitro groups is 1. The number of benzene rings is 1. The first kappa shape index (κ1) is 20.0. The third kappa shape index (κ3) is 3.65. The minimum atomic E-state index is -0.600. The monoisotopic (exact) mass is 426 g/mol. The SMILES string of the molecule is CCC1C(=O)N2C(C(=O)OCc3ccc([N+](=O)[O-])cc3)=C(Sc3ncccn3)CC12. The van der Waals surface area contributed by atoms with Crippen molar-refractivity contribution in [3.8, 4) is 0 Å². The zero-order valence-corrected chi connectivity index (χ0v) is 16.9. The molecule has 1 amide bonds. The number of ether oxygens (including phenoxy) is 1. The number of hydrogen-bond donors (Lipinski definition) is 0. The molecule has 0 N–H and O–H groups in total. The summed E-state index contributed by atoms with van der Waals surface area (Å²) in [6.07, 6.45) is 4.51. The Balaban J connectivity index is 1.52. The summed E-state index contributed by atoms with van der Waals surface area (Å²) in [5.74, 6) is -0.774. The quantitative estimate of drug-likeness (QED) is 0.218. The largest absolute Gasteiger partial charge is 0.456 e. The van der Waals surface area contributed by atoms with Crippen LogP contribution in [0.1, 0.15) is 25.3 Å². The van der Waals surface area contributed by atoms with Crippen LogP contribution in [-0.2, 0) is 20.9 Å². The fourth-order valence-electron chi connectivity index (χ4n) is 3.66. The average molecular weight is 426 g/mol. The smallest absolute Gasteiger partial charge is 0.356 e. The molecule has 1 saturated heterocycles. The highest BCUT2D eigenvalue weighted by Crippen LogP contribution is 2.48. The van der Waals surface area contributed by atoms with Gasteiger partial charge in [0.1, 0.15) is 12.3 Å². The molecule has 0 aliphatic carbocycles. The zero-order valence-electron chi connectivity index (χ0n) is 16.1. The summed E-state index contributed by atoms with van der Waals surface area (Å²) in [7, 11) is 0. The summed E-state index contributed by atoms with van der Waals surface area (Å²) in [4.78, 5) is 46.3. The third-order valence-corrected chi connectivity index (χ3v) is 6.16. The van der Waals surface area contributed by atoms with E-state index in [2.05, 4.69) is 9.97 Å². The van der Waals surface area contributed by atoms with Gasteiger partial charge in [-0.25, -0.2) is 14.8 Å². The lowest BCUT2D eigenvalue weighted by Crippen LogP contribution is -2.58. The van der Waals surface area contributed by atoms with Crippen LogP contribution in [0.5, 0.6) is 0 Å². The van der Waals surface area contributed by atoms with Crippen molar-refractivity contribution in [1.29, 1.82) is 0 Å². The van der Waals surface area contributed by atoms with E-state index in [-0.39, 0.29) is 35.9 Å². The van der Waals surface area contributed by atoms with Gasteiger partial charge in [0, 0.05) is 35.9 Å². The molecule has 9 nitrogen and oxygen atoms in total. The maximum atomic E-state index is 12.9. The molecular formula is C20H18N4O5S. The van der Waals surface area contributed by atoms with Crippen LogP contribution < -0.4 is 0 Å². The van der Waals surface area contributed by atoms with Crippen molar-refractivity contribution in [2.24, 2.45) is 5.92 Å².